The van der Waals surface area contributed by atoms with Crippen molar-refractivity contribution in [3.05, 3.63) is 46.5 Å². The Balaban J connectivity index is 2.38. The first kappa shape index (κ1) is 10.0. The van der Waals surface area contributed by atoms with E-state index in [9.17, 15) is 14.9 Å². The maximum atomic E-state index is 10.7. The van der Waals surface area contributed by atoms with Crippen molar-refractivity contribution >= 4 is 23.2 Å². The van der Waals surface area contributed by atoms with Gasteiger partial charge in [-0.1, -0.05) is 12.1 Å². The summed E-state index contributed by atoms with van der Waals surface area (Å²) in [5.74, 6) is -0.475. The van der Waals surface area contributed by atoms with Gasteiger partial charge in [-0.2, -0.15) is 0 Å². The molecule has 0 fully saturated rings. The Hall–Kier alpha value is -2.50. The molecule has 1 aliphatic rings. The van der Waals surface area contributed by atoms with E-state index in [2.05, 4.69) is 9.73 Å². The molecule has 80 valence electrons. The lowest BCUT2D eigenvalue weighted by Crippen LogP contribution is -1.99. The lowest BCUT2D eigenvalue weighted by atomic mass is 10.3. The SMILES string of the molecule is O=C1C=CC(=Nc2ccccc2[N+](=O)[O-])O1. The van der Waals surface area contributed by atoms with Crippen LogP contribution in [0.1, 0.15) is 0 Å². The van der Waals surface area contributed by atoms with Crippen molar-refractivity contribution in [3.63, 3.8) is 0 Å². The number of nitrogens with zero attached hydrogens (tertiary/aromatic N) is 2. The van der Waals surface area contributed by atoms with Crippen LogP contribution < -0.4 is 0 Å². The molecule has 1 aromatic carbocycles. The number of cyclic esters (lactones) is 1. The molecule has 0 aliphatic carbocycles. The van der Waals surface area contributed by atoms with Crippen LogP contribution in [0.4, 0.5) is 11.4 Å². The maximum Gasteiger partial charge on any atom is 0.337 e. The first-order valence-corrected chi connectivity index (χ1v) is 4.39. The van der Waals surface area contributed by atoms with E-state index in [1.807, 2.05) is 0 Å². The standard InChI is InChI=1S/C10H6N2O4/c13-10-6-5-9(16-10)11-7-3-1-2-4-8(7)12(14)15/h1-6H. The van der Waals surface area contributed by atoms with Gasteiger partial charge in [-0.05, 0) is 6.07 Å². The summed E-state index contributed by atoms with van der Waals surface area (Å²) in [5.41, 5.74) is 0.0215. The van der Waals surface area contributed by atoms with Crippen LogP contribution in [0.2, 0.25) is 0 Å². The van der Waals surface area contributed by atoms with Gasteiger partial charge in [-0.3, -0.25) is 10.1 Å². The maximum absolute atomic E-state index is 10.7. The van der Waals surface area contributed by atoms with Gasteiger partial charge in [0, 0.05) is 18.2 Å². The highest BCUT2D eigenvalue weighted by Gasteiger charge is 2.15. The molecular formula is C10H6N2O4. The van der Waals surface area contributed by atoms with Crippen LogP contribution in [-0.2, 0) is 9.53 Å². The quantitative estimate of drug-likeness (QED) is 0.430. The number of carbonyl (C=O) groups excluding carboxylic acids is 1. The fraction of sp³-hybridized carbons (Fsp3) is 0. The van der Waals surface area contributed by atoms with Gasteiger partial charge in [0.15, 0.2) is 0 Å². The molecule has 0 radical (unpaired) electrons. The zero-order chi connectivity index (χ0) is 11.5. The van der Waals surface area contributed by atoms with E-state index in [0.717, 1.165) is 0 Å². The molecule has 0 N–H and O–H groups in total. The van der Waals surface area contributed by atoms with E-state index in [-0.39, 0.29) is 17.3 Å². The van der Waals surface area contributed by atoms with Gasteiger partial charge < -0.3 is 4.74 Å². The number of rotatable bonds is 2. The Labute approximate surface area is 90.0 Å². The predicted octanol–water partition coefficient (Wildman–Crippen LogP) is 1.74. The molecule has 0 bridgehead atoms. The molecule has 6 nitrogen and oxygen atoms in total. The minimum Gasteiger partial charge on any atom is -0.404 e. The third kappa shape index (κ3) is 1.95. The van der Waals surface area contributed by atoms with Gasteiger partial charge in [-0.25, -0.2) is 9.79 Å². The molecule has 2 rings (SSSR count). The van der Waals surface area contributed by atoms with E-state index in [0.29, 0.717) is 0 Å². The number of carbonyl (C=O) groups is 1. The van der Waals surface area contributed by atoms with Gasteiger partial charge in [0.25, 0.3) is 5.69 Å². The van der Waals surface area contributed by atoms with Crippen molar-refractivity contribution in [1.29, 1.82) is 0 Å². The number of benzene rings is 1. The predicted molar refractivity (Wildman–Crippen MR) is 55.4 cm³/mol. The van der Waals surface area contributed by atoms with E-state index in [1.165, 1.54) is 30.4 Å². The Morgan fingerprint density at radius 3 is 2.62 bits per heavy atom. The zero-order valence-electron chi connectivity index (χ0n) is 7.99. The summed E-state index contributed by atoms with van der Waals surface area (Å²) in [7, 11) is 0. The van der Waals surface area contributed by atoms with Gasteiger partial charge >= 0.3 is 5.97 Å². The summed E-state index contributed by atoms with van der Waals surface area (Å²) in [6.07, 6.45) is 2.56. The van der Waals surface area contributed by atoms with Gasteiger partial charge in [0.05, 0.1) is 4.92 Å². The van der Waals surface area contributed by atoms with E-state index < -0.39 is 10.9 Å². The van der Waals surface area contributed by atoms with E-state index in [1.54, 1.807) is 6.07 Å². The minimum absolute atomic E-state index is 0.0549. The second-order valence-electron chi connectivity index (χ2n) is 2.95. The number of aliphatic imine (C=N–C) groups is 1. The highest BCUT2D eigenvalue weighted by atomic mass is 16.6. The van der Waals surface area contributed by atoms with Crippen molar-refractivity contribution in [2.75, 3.05) is 0 Å². The summed E-state index contributed by atoms with van der Waals surface area (Å²) in [4.78, 5) is 24.7. The average molecular weight is 218 g/mol. The fourth-order valence-corrected chi connectivity index (χ4v) is 1.20. The molecule has 16 heavy (non-hydrogen) atoms. The normalized spacial score (nSPS) is 16.5. The van der Waals surface area contributed by atoms with Crippen molar-refractivity contribution in [2.24, 2.45) is 4.99 Å². The molecule has 0 amide bonds. The molecule has 6 heteroatoms. The van der Waals surface area contributed by atoms with Crippen LogP contribution in [0.15, 0.2) is 41.4 Å². The average Bonchev–Trinajstić information content (AvgIpc) is 2.64. The van der Waals surface area contributed by atoms with Gasteiger partial charge in [0.1, 0.15) is 5.69 Å². The van der Waals surface area contributed by atoms with E-state index >= 15 is 0 Å². The second kappa shape index (κ2) is 3.93. The molecule has 0 aromatic heterocycles. The first-order valence-electron chi connectivity index (χ1n) is 4.39. The summed E-state index contributed by atoms with van der Waals surface area (Å²) in [6.45, 7) is 0. The topological polar surface area (TPSA) is 81.8 Å². The third-order valence-corrected chi connectivity index (χ3v) is 1.88. The third-order valence-electron chi connectivity index (χ3n) is 1.88. The molecule has 1 heterocycles. The molecule has 0 spiro atoms. The van der Waals surface area contributed by atoms with Crippen molar-refractivity contribution in [2.45, 2.75) is 0 Å². The van der Waals surface area contributed by atoms with Crippen LogP contribution in [0, 0.1) is 10.1 Å². The number of esters is 1. The van der Waals surface area contributed by atoms with Crippen LogP contribution in [0.3, 0.4) is 0 Å². The lowest BCUT2D eigenvalue weighted by Gasteiger charge is -1.97. The summed E-state index contributed by atoms with van der Waals surface area (Å²) >= 11 is 0. The number of nitro benzene ring substituents is 1. The summed E-state index contributed by atoms with van der Waals surface area (Å²) in [6, 6.07) is 5.97. The Morgan fingerprint density at radius 1 is 1.25 bits per heavy atom. The minimum atomic E-state index is -0.542. The highest BCUT2D eigenvalue weighted by molar-refractivity contribution is 6.08. The first-order chi connectivity index (χ1) is 7.66. The highest BCUT2D eigenvalue weighted by Crippen LogP contribution is 2.26. The Morgan fingerprint density at radius 2 is 2.00 bits per heavy atom. The zero-order valence-corrected chi connectivity index (χ0v) is 7.99. The molecule has 0 saturated heterocycles. The monoisotopic (exact) mass is 218 g/mol. The summed E-state index contributed by atoms with van der Waals surface area (Å²) in [5, 5.41) is 10.7. The number of para-hydroxylation sites is 2. The largest absolute Gasteiger partial charge is 0.404 e. The number of nitro groups is 1. The molecule has 0 unspecified atom stereocenters. The lowest BCUT2D eigenvalue weighted by molar-refractivity contribution is -0.384. The Bertz CT molecular complexity index is 519. The van der Waals surface area contributed by atoms with Gasteiger partial charge in [-0.15, -0.1) is 0 Å². The molecule has 0 atom stereocenters. The van der Waals surface area contributed by atoms with Crippen LogP contribution in [0.25, 0.3) is 0 Å². The fourth-order valence-electron chi connectivity index (χ4n) is 1.20. The summed E-state index contributed by atoms with van der Waals surface area (Å²) < 4.78 is 4.68. The number of ether oxygens (including phenoxy) is 1. The number of hydrogen-bond acceptors (Lipinski definition) is 5. The van der Waals surface area contributed by atoms with Gasteiger partial charge in [0.2, 0.25) is 5.90 Å². The van der Waals surface area contributed by atoms with Crippen LogP contribution in [0.5, 0.6) is 0 Å². The molecule has 0 saturated carbocycles. The van der Waals surface area contributed by atoms with Crippen LogP contribution in [-0.4, -0.2) is 16.8 Å². The smallest absolute Gasteiger partial charge is 0.337 e. The van der Waals surface area contributed by atoms with Crippen molar-refractivity contribution in [3.8, 4) is 0 Å². The molecule has 1 aromatic rings. The number of hydrogen-bond donors (Lipinski definition) is 0. The van der Waals surface area contributed by atoms with Crippen molar-refractivity contribution < 1.29 is 14.5 Å². The van der Waals surface area contributed by atoms with Crippen molar-refractivity contribution in [1.82, 2.24) is 0 Å². The van der Waals surface area contributed by atoms with Crippen LogP contribution >= 0.6 is 0 Å². The second-order valence-corrected chi connectivity index (χ2v) is 2.95. The molecule has 1 aliphatic heterocycles. The Kier molecular flexibility index (Phi) is 2.47. The van der Waals surface area contributed by atoms with E-state index in [4.69, 9.17) is 0 Å². The molecular weight excluding hydrogens is 212 g/mol.